The Balaban J connectivity index is 1.70. The predicted octanol–water partition coefficient (Wildman–Crippen LogP) is 4.51. The fourth-order valence-corrected chi connectivity index (χ4v) is 3.57. The fourth-order valence-electron chi connectivity index (χ4n) is 2.71. The number of amides is 2. The molecule has 0 bridgehead atoms. The van der Waals surface area contributed by atoms with E-state index in [9.17, 15) is 9.59 Å². The molecule has 1 fully saturated rings. The van der Waals surface area contributed by atoms with Crippen LogP contribution in [0.3, 0.4) is 0 Å². The molecule has 6 heteroatoms. The standard InChI is InChI=1S/C18H16Br2N2O2/c1-11-2-7-16(15(20)8-11)21-18(24)12-9-17(23)22(10-12)14-5-3-13(19)4-6-14/h2-8,12H,9-10H2,1H3,(H,21,24)/t12-/m0/s1. The molecule has 2 aromatic carbocycles. The molecule has 0 radical (unpaired) electrons. The number of nitrogens with zero attached hydrogens (tertiary/aromatic N) is 1. The van der Waals surface area contributed by atoms with Crippen LogP contribution in [0.4, 0.5) is 11.4 Å². The molecule has 1 saturated heterocycles. The lowest BCUT2D eigenvalue weighted by molar-refractivity contribution is -0.122. The lowest BCUT2D eigenvalue weighted by Gasteiger charge is -2.17. The van der Waals surface area contributed by atoms with Crippen molar-refractivity contribution in [2.45, 2.75) is 13.3 Å². The van der Waals surface area contributed by atoms with Gasteiger partial charge in [-0.05, 0) is 64.8 Å². The molecule has 24 heavy (non-hydrogen) atoms. The molecule has 4 nitrogen and oxygen atoms in total. The van der Waals surface area contributed by atoms with E-state index in [2.05, 4.69) is 37.2 Å². The number of carbonyl (C=O) groups is 2. The van der Waals surface area contributed by atoms with E-state index in [1.54, 1.807) is 4.90 Å². The predicted molar refractivity (Wildman–Crippen MR) is 102 cm³/mol. The Morgan fingerprint density at radius 2 is 1.88 bits per heavy atom. The molecule has 2 aromatic rings. The van der Waals surface area contributed by atoms with Gasteiger partial charge in [0.05, 0.1) is 11.6 Å². The third-order valence-electron chi connectivity index (χ3n) is 4.02. The molecule has 0 spiro atoms. The van der Waals surface area contributed by atoms with Gasteiger partial charge < -0.3 is 10.2 Å². The maximum Gasteiger partial charge on any atom is 0.229 e. The maximum absolute atomic E-state index is 12.5. The highest BCUT2D eigenvalue weighted by Gasteiger charge is 2.35. The number of halogens is 2. The minimum absolute atomic E-state index is 0.0274. The van der Waals surface area contributed by atoms with Crippen molar-refractivity contribution in [1.82, 2.24) is 0 Å². The highest BCUT2D eigenvalue weighted by Crippen LogP contribution is 2.29. The van der Waals surface area contributed by atoms with E-state index in [1.807, 2.05) is 49.4 Å². The normalized spacial score (nSPS) is 17.2. The highest BCUT2D eigenvalue weighted by molar-refractivity contribution is 9.10. The molecule has 0 saturated carbocycles. The topological polar surface area (TPSA) is 49.4 Å². The summed E-state index contributed by atoms with van der Waals surface area (Å²) in [5, 5.41) is 2.91. The van der Waals surface area contributed by atoms with Crippen LogP contribution in [-0.2, 0) is 9.59 Å². The van der Waals surface area contributed by atoms with Crippen molar-refractivity contribution in [1.29, 1.82) is 0 Å². The van der Waals surface area contributed by atoms with Gasteiger partial charge in [0.1, 0.15) is 0 Å². The lowest BCUT2D eigenvalue weighted by Crippen LogP contribution is -2.28. The van der Waals surface area contributed by atoms with Gasteiger partial charge in [0, 0.05) is 27.6 Å². The number of nitrogens with one attached hydrogen (secondary N) is 1. The van der Waals surface area contributed by atoms with Gasteiger partial charge in [0.2, 0.25) is 11.8 Å². The van der Waals surface area contributed by atoms with Crippen molar-refractivity contribution < 1.29 is 9.59 Å². The molecule has 3 rings (SSSR count). The first-order valence-electron chi connectivity index (χ1n) is 7.57. The van der Waals surface area contributed by atoms with E-state index in [4.69, 9.17) is 0 Å². The number of aryl methyl sites for hydroxylation is 1. The van der Waals surface area contributed by atoms with Gasteiger partial charge in [-0.2, -0.15) is 0 Å². The van der Waals surface area contributed by atoms with Crippen LogP contribution in [0.25, 0.3) is 0 Å². The lowest BCUT2D eigenvalue weighted by atomic mass is 10.1. The Bertz CT molecular complexity index is 790. The molecular formula is C18H16Br2N2O2. The first-order valence-corrected chi connectivity index (χ1v) is 9.15. The summed E-state index contributed by atoms with van der Waals surface area (Å²) in [7, 11) is 0. The van der Waals surface area contributed by atoms with Crippen molar-refractivity contribution >= 4 is 55.0 Å². The number of hydrogen-bond donors (Lipinski definition) is 1. The number of hydrogen-bond acceptors (Lipinski definition) is 2. The zero-order valence-corrected chi connectivity index (χ0v) is 16.2. The van der Waals surface area contributed by atoms with E-state index < -0.39 is 0 Å². The minimum Gasteiger partial charge on any atom is -0.325 e. The van der Waals surface area contributed by atoms with Gasteiger partial charge in [-0.15, -0.1) is 0 Å². The summed E-state index contributed by atoms with van der Waals surface area (Å²) in [5.74, 6) is -0.512. The number of anilines is 2. The van der Waals surface area contributed by atoms with Crippen LogP contribution in [0.2, 0.25) is 0 Å². The van der Waals surface area contributed by atoms with Gasteiger partial charge in [-0.3, -0.25) is 9.59 Å². The average Bonchev–Trinajstić information content (AvgIpc) is 2.93. The van der Waals surface area contributed by atoms with Gasteiger partial charge in [0.15, 0.2) is 0 Å². The third kappa shape index (κ3) is 3.70. The van der Waals surface area contributed by atoms with Gasteiger partial charge in [-0.1, -0.05) is 22.0 Å². The molecule has 2 amide bonds. The van der Waals surface area contributed by atoms with Crippen molar-refractivity contribution in [3.63, 3.8) is 0 Å². The molecule has 0 aromatic heterocycles. The maximum atomic E-state index is 12.5. The van der Waals surface area contributed by atoms with Crippen LogP contribution >= 0.6 is 31.9 Å². The summed E-state index contributed by atoms with van der Waals surface area (Å²) in [4.78, 5) is 26.4. The summed E-state index contributed by atoms with van der Waals surface area (Å²) >= 11 is 6.84. The summed E-state index contributed by atoms with van der Waals surface area (Å²) < 4.78 is 1.79. The van der Waals surface area contributed by atoms with E-state index in [0.717, 1.165) is 25.9 Å². The summed E-state index contributed by atoms with van der Waals surface area (Å²) in [6.07, 6.45) is 0.228. The van der Waals surface area contributed by atoms with E-state index >= 15 is 0 Å². The molecule has 1 N–H and O–H groups in total. The smallest absolute Gasteiger partial charge is 0.229 e. The second-order valence-corrected chi connectivity index (χ2v) is 7.62. The fraction of sp³-hybridized carbons (Fsp3) is 0.222. The zero-order chi connectivity index (χ0) is 17.3. The largest absolute Gasteiger partial charge is 0.325 e. The molecule has 0 aliphatic carbocycles. The van der Waals surface area contributed by atoms with Crippen LogP contribution < -0.4 is 10.2 Å². The number of rotatable bonds is 3. The van der Waals surface area contributed by atoms with Gasteiger partial charge in [0.25, 0.3) is 0 Å². The zero-order valence-electron chi connectivity index (χ0n) is 13.1. The Hall–Kier alpha value is -1.66. The summed E-state index contributed by atoms with van der Waals surface area (Å²) in [6, 6.07) is 13.3. The first-order chi connectivity index (χ1) is 11.4. The quantitative estimate of drug-likeness (QED) is 0.746. The van der Waals surface area contributed by atoms with E-state index in [-0.39, 0.29) is 24.2 Å². The molecule has 1 aliphatic heterocycles. The molecular weight excluding hydrogens is 436 g/mol. The van der Waals surface area contributed by atoms with Crippen molar-refractivity contribution in [3.05, 3.63) is 57.0 Å². The summed E-state index contributed by atoms with van der Waals surface area (Å²) in [6.45, 7) is 2.39. The van der Waals surface area contributed by atoms with E-state index in [0.29, 0.717) is 6.54 Å². The van der Waals surface area contributed by atoms with Crippen molar-refractivity contribution in [2.75, 3.05) is 16.8 Å². The molecule has 1 aliphatic rings. The highest BCUT2D eigenvalue weighted by atomic mass is 79.9. The van der Waals surface area contributed by atoms with Crippen molar-refractivity contribution in [3.8, 4) is 0 Å². The second-order valence-electron chi connectivity index (χ2n) is 5.85. The van der Waals surface area contributed by atoms with Crippen LogP contribution in [-0.4, -0.2) is 18.4 Å². The second kappa shape index (κ2) is 7.07. The average molecular weight is 452 g/mol. The van der Waals surface area contributed by atoms with Gasteiger partial charge >= 0.3 is 0 Å². The molecule has 0 unspecified atom stereocenters. The van der Waals surface area contributed by atoms with Crippen LogP contribution in [0.5, 0.6) is 0 Å². The Morgan fingerprint density at radius 3 is 2.54 bits per heavy atom. The molecule has 1 heterocycles. The Morgan fingerprint density at radius 1 is 1.17 bits per heavy atom. The Kier molecular flexibility index (Phi) is 5.06. The van der Waals surface area contributed by atoms with Crippen LogP contribution in [0.1, 0.15) is 12.0 Å². The van der Waals surface area contributed by atoms with Gasteiger partial charge in [-0.25, -0.2) is 0 Å². The SMILES string of the molecule is Cc1ccc(NC(=O)[C@H]2CC(=O)N(c3ccc(Br)cc3)C2)c(Br)c1. The van der Waals surface area contributed by atoms with E-state index in [1.165, 1.54) is 0 Å². The van der Waals surface area contributed by atoms with Crippen LogP contribution in [0.15, 0.2) is 51.4 Å². The molecule has 124 valence electrons. The number of benzene rings is 2. The molecule has 1 atom stereocenters. The number of carbonyl (C=O) groups excluding carboxylic acids is 2. The third-order valence-corrected chi connectivity index (χ3v) is 5.20. The van der Waals surface area contributed by atoms with Crippen molar-refractivity contribution in [2.24, 2.45) is 5.92 Å². The summed E-state index contributed by atoms with van der Waals surface area (Å²) in [5.41, 5.74) is 2.65. The Labute approximate surface area is 157 Å². The minimum atomic E-state index is -0.352. The first kappa shape index (κ1) is 17.2. The monoisotopic (exact) mass is 450 g/mol. The van der Waals surface area contributed by atoms with Crippen LogP contribution in [0, 0.1) is 12.8 Å².